The number of rotatable bonds is 9. The van der Waals surface area contributed by atoms with Crippen molar-refractivity contribution in [3.8, 4) is 11.5 Å². The minimum Gasteiger partial charge on any atom is -0.507 e. The molecular weight excluding hydrogens is 510 g/mol. The highest BCUT2D eigenvalue weighted by Gasteiger charge is 2.19. The molecule has 14 heteroatoms. The first-order valence-electron chi connectivity index (χ1n) is 10.0. The number of hydrogen-bond donors (Lipinski definition) is 3. The summed E-state index contributed by atoms with van der Waals surface area (Å²) in [7, 11) is -4.10. The number of azo groups is 1. The molecule has 184 valence electrons. The Morgan fingerprint density at radius 2 is 1.75 bits per heavy atom. The van der Waals surface area contributed by atoms with Gasteiger partial charge in [-0.05, 0) is 42.5 Å². The smallest absolute Gasteiger partial charge is 0.269 e. The second-order valence-electron chi connectivity index (χ2n) is 7.13. The lowest BCUT2D eigenvalue weighted by Gasteiger charge is -2.13. The molecule has 0 radical (unpaired) electrons. The van der Waals surface area contributed by atoms with Gasteiger partial charge in [-0.1, -0.05) is 22.5 Å². The van der Waals surface area contributed by atoms with Gasteiger partial charge in [0.25, 0.3) is 15.7 Å². The first-order chi connectivity index (χ1) is 17.3. The maximum atomic E-state index is 13.1. The topological polar surface area (TPSA) is 179 Å². The van der Waals surface area contributed by atoms with Crippen molar-refractivity contribution in [2.24, 2.45) is 15.4 Å². The maximum Gasteiger partial charge on any atom is 0.269 e. The van der Waals surface area contributed by atoms with Gasteiger partial charge in [0.05, 0.1) is 26.9 Å². The summed E-state index contributed by atoms with van der Waals surface area (Å²) < 4.78 is 33.3. The lowest BCUT2D eigenvalue weighted by atomic mass is 10.1. The van der Waals surface area contributed by atoms with Crippen molar-refractivity contribution < 1.29 is 27.7 Å². The van der Waals surface area contributed by atoms with Crippen molar-refractivity contribution in [2.45, 2.75) is 4.90 Å². The summed E-state index contributed by atoms with van der Waals surface area (Å²) in [6, 6.07) is 18.6. The first-order valence-corrected chi connectivity index (χ1v) is 12.3. The van der Waals surface area contributed by atoms with E-state index >= 15 is 0 Å². The monoisotopic (exact) mass is 527 g/mol. The Morgan fingerprint density at radius 1 is 1.00 bits per heavy atom. The fourth-order valence-corrected chi connectivity index (χ4v) is 4.47. The van der Waals surface area contributed by atoms with Gasteiger partial charge in [0.15, 0.2) is 5.75 Å². The zero-order valence-corrected chi connectivity index (χ0v) is 19.8. The van der Waals surface area contributed by atoms with Crippen LogP contribution < -0.4 is 14.7 Å². The van der Waals surface area contributed by atoms with E-state index in [4.69, 9.17) is 10.0 Å². The summed E-state index contributed by atoms with van der Waals surface area (Å²) in [4.78, 5) is 15.1. The molecule has 36 heavy (non-hydrogen) atoms. The molecule has 12 nitrogen and oxygen atoms in total. The molecule has 4 aromatic carbocycles. The largest absolute Gasteiger partial charge is 0.507 e. The standard InChI is InChI=1S/C22H17N5O7S2/c23-35-34-33-16-3-1-4-17(13-16)36(31,32)26-20-6-2-5-18-21(28)12-11-19(22(18)20)25-24-14-7-9-15(10-8-14)27(29)30/h1-13,26,28H,23H2. The zero-order valence-electron chi connectivity index (χ0n) is 18.1. The van der Waals surface area contributed by atoms with Crippen molar-refractivity contribution in [3.05, 3.63) is 89.0 Å². The van der Waals surface area contributed by atoms with Crippen LogP contribution in [-0.4, -0.2) is 18.4 Å². The summed E-state index contributed by atoms with van der Waals surface area (Å²) in [5.41, 5.74) is 0.643. The average molecular weight is 528 g/mol. The van der Waals surface area contributed by atoms with E-state index in [9.17, 15) is 23.6 Å². The van der Waals surface area contributed by atoms with Crippen molar-refractivity contribution in [2.75, 3.05) is 4.72 Å². The van der Waals surface area contributed by atoms with Gasteiger partial charge in [-0.25, -0.2) is 8.42 Å². The quantitative estimate of drug-likeness (QED) is 0.0632. The molecule has 0 aliphatic rings. The second-order valence-corrected chi connectivity index (χ2v) is 9.14. The number of anilines is 1. The molecular formula is C22H17N5O7S2. The third-order valence-corrected chi connectivity index (χ3v) is 6.37. The lowest BCUT2D eigenvalue weighted by molar-refractivity contribution is -0.384. The molecule has 0 saturated carbocycles. The number of phenols is 1. The van der Waals surface area contributed by atoms with Crippen LogP contribution in [0.5, 0.6) is 11.5 Å². The van der Waals surface area contributed by atoms with E-state index in [1.807, 2.05) is 0 Å². The van der Waals surface area contributed by atoms with Crippen LogP contribution >= 0.6 is 12.2 Å². The van der Waals surface area contributed by atoms with E-state index in [1.54, 1.807) is 12.1 Å². The van der Waals surface area contributed by atoms with Gasteiger partial charge in [0.2, 0.25) is 0 Å². The number of non-ortho nitro benzene ring substituents is 1. The summed E-state index contributed by atoms with van der Waals surface area (Å²) in [6.07, 6.45) is 0. The maximum absolute atomic E-state index is 13.1. The number of fused-ring (bicyclic) bond motifs is 1. The van der Waals surface area contributed by atoms with Crippen molar-refractivity contribution in [3.63, 3.8) is 0 Å². The van der Waals surface area contributed by atoms with Crippen LogP contribution in [0.25, 0.3) is 10.8 Å². The number of nitrogens with one attached hydrogen (secondary N) is 1. The van der Waals surface area contributed by atoms with Crippen molar-refractivity contribution in [1.82, 2.24) is 0 Å². The molecule has 0 saturated heterocycles. The molecule has 0 aromatic heterocycles. The van der Waals surface area contributed by atoms with Gasteiger partial charge in [0.1, 0.15) is 18.0 Å². The van der Waals surface area contributed by atoms with Gasteiger partial charge >= 0.3 is 0 Å². The normalized spacial score (nSPS) is 11.6. The van der Waals surface area contributed by atoms with Crippen LogP contribution in [0.1, 0.15) is 0 Å². The molecule has 0 amide bonds. The van der Waals surface area contributed by atoms with Crippen LogP contribution in [0.2, 0.25) is 0 Å². The highest BCUT2D eigenvalue weighted by molar-refractivity contribution is 7.92. The predicted octanol–water partition coefficient (Wildman–Crippen LogP) is 5.50. The second kappa shape index (κ2) is 10.6. The zero-order chi connectivity index (χ0) is 25.7. The first kappa shape index (κ1) is 24.9. The molecule has 0 fully saturated rings. The van der Waals surface area contributed by atoms with Crippen LogP contribution in [0.4, 0.5) is 22.7 Å². The van der Waals surface area contributed by atoms with E-state index in [1.165, 1.54) is 66.7 Å². The van der Waals surface area contributed by atoms with Gasteiger partial charge in [-0.3, -0.25) is 20.0 Å². The van der Waals surface area contributed by atoms with Crippen molar-refractivity contribution >= 4 is 55.8 Å². The molecule has 0 spiro atoms. The Hall–Kier alpha value is -4.24. The molecule has 4 N–H and O–H groups in total. The van der Waals surface area contributed by atoms with E-state index in [-0.39, 0.29) is 33.5 Å². The number of nitrogens with zero attached hydrogens (tertiary/aromatic N) is 3. The Labute approximate surface area is 208 Å². The van der Waals surface area contributed by atoms with Gasteiger partial charge in [-0.15, -0.1) is 5.11 Å². The third kappa shape index (κ3) is 5.52. The molecule has 4 aromatic rings. The van der Waals surface area contributed by atoms with Gasteiger partial charge < -0.3 is 9.99 Å². The number of aromatic hydroxyl groups is 1. The van der Waals surface area contributed by atoms with Gasteiger partial charge in [-0.2, -0.15) is 5.11 Å². The average Bonchev–Trinajstić information content (AvgIpc) is 2.87. The Kier molecular flexibility index (Phi) is 7.30. The number of benzene rings is 4. The number of phenolic OH excluding ortho intramolecular Hbond substituents is 1. The number of nitrogens with two attached hydrogens (primary N) is 1. The lowest BCUT2D eigenvalue weighted by Crippen LogP contribution is -2.13. The number of nitro groups is 1. The molecule has 0 atom stereocenters. The summed E-state index contributed by atoms with van der Waals surface area (Å²) in [6.45, 7) is 0. The Balaban J connectivity index is 1.72. The van der Waals surface area contributed by atoms with Crippen LogP contribution in [0, 0.1) is 10.1 Å². The SMILES string of the molecule is NSOOc1cccc(S(=O)(=O)Nc2cccc3c(O)ccc(N=Nc4ccc([N+](=O)[O-])cc4)c23)c1. The molecule has 0 unspecified atom stereocenters. The van der Waals surface area contributed by atoms with E-state index < -0.39 is 14.9 Å². The van der Waals surface area contributed by atoms with Crippen molar-refractivity contribution in [1.29, 1.82) is 0 Å². The number of nitro benzene ring substituents is 1. The number of sulfonamides is 1. The molecule has 0 bridgehead atoms. The van der Waals surface area contributed by atoms with Crippen LogP contribution in [-0.2, 0) is 14.4 Å². The third-order valence-electron chi connectivity index (χ3n) is 4.86. The molecule has 0 heterocycles. The Morgan fingerprint density at radius 3 is 2.47 bits per heavy atom. The van der Waals surface area contributed by atoms with Crippen LogP contribution in [0.15, 0.2) is 94.0 Å². The fourth-order valence-electron chi connectivity index (χ4n) is 3.25. The fraction of sp³-hybridized carbons (Fsp3) is 0. The summed E-state index contributed by atoms with van der Waals surface area (Å²) >= 11 is 0.461. The molecule has 0 aliphatic carbocycles. The predicted molar refractivity (Wildman–Crippen MR) is 134 cm³/mol. The minimum atomic E-state index is -4.10. The summed E-state index contributed by atoms with van der Waals surface area (Å²) in [5.74, 6) is 0.0242. The highest BCUT2D eigenvalue weighted by Crippen LogP contribution is 2.39. The van der Waals surface area contributed by atoms with Crippen LogP contribution in [0.3, 0.4) is 0 Å². The molecule has 0 aliphatic heterocycles. The van der Waals surface area contributed by atoms with E-state index in [2.05, 4.69) is 19.3 Å². The van der Waals surface area contributed by atoms with E-state index in [0.29, 0.717) is 28.7 Å². The summed E-state index contributed by atoms with van der Waals surface area (Å²) in [5, 5.41) is 35.3. The number of hydrogen-bond acceptors (Lipinski definition) is 11. The molecule has 4 rings (SSSR count). The Bertz CT molecular complexity index is 1560. The van der Waals surface area contributed by atoms with E-state index in [0.717, 1.165) is 0 Å². The van der Waals surface area contributed by atoms with Gasteiger partial charge in [0, 0.05) is 29.0 Å². The highest BCUT2D eigenvalue weighted by atomic mass is 32.2. The minimum absolute atomic E-state index is 0.0906.